The Hall–Kier alpha value is -4.24. The van der Waals surface area contributed by atoms with E-state index in [4.69, 9.17) is 4.74 Å². The molecule has 5 aliphatic carbocycles. The minimum absolute atomic E-state index is 0.288. The van der Waals surface area contributed by atoms with Gasteiger partial charge in [0.05, 0.1) is 7.11 Å². The second kappa shape index (κ2) is 31.5. The van der Waals surface area contributed by atoms with Gasteiger partial charge in [0.2, 0.25) is 0 Å². The fourth-order valence-electron chi connectivity index (χ4n) is 14.7. The SMILES string of the molecule is CCC1CCC(C2CCC(C)CC2)CC1.CCCC1CCC(C2CCC(c3ccc(C)cc3)CC2)CC1.CCCC1CCC(c2ccc(OC)cc2)CC1.CCc1ccc(-c2ccc(-c3ccc(C)cc3)c(F)c2F)cc1. The summed E-state index contributed by atoms with van der Waals surface area (Å²) in [7, 11) is 1.73. The van der Waals surface area contributed by atoms with Crippen LogP contribution in [0.3, 0.4) is 0 Å². The topological polar surface area (TPSA) is 9.23 Å². The molecule has 0 saturated heterocycles. The second-order valence-electron chi connectivity index (χ2n) is 25.3. The Morgan fingerprint density at radius 3 is 1.16 bits per heavy atom. The Morgan fingerprint density at radius 1 is 0.403 bits per heavy atom. The number of aryl methyl sites for hydroxylation is 3. The molecule has 5 fully saturated rings. The Kier molecular flexibility index (Phi) is 24.7. The fourth-order valence-corrected chi connectivity index (χ4v) is 14.7. The molecule has 0 spiro atoms. The van der Waals surface area contributed by atoms with Gasteiger partial charge in [-0.2, -0.15) is 0 Å². The molecule has 0 atom stereocenters. The monoisotopic (exact) mass is 1050 g/mol. The highest BCUT2D eigenvalue weighted by Gasteiger charge is 2.32. The van der Waals surface area contributed by atoms with Crippen LogP contribution < -0.4 is 4.74 Å². The lowest BCUT2D eigenvalue weighted by molar-refractivity contribution is 0.149. The molecule has 77 heavy (non-hydrogen) atoms. The number of halogens is 2. The zero-order valence-corrected chi connectivity index (χ0v) is 49.7. The molecule has 0 aliphatic heterocycles. The van der Waals surface area contributed by atoms with Crippen molar-refractivity contribution in [1.82, 2.24) is 0 Å². The van der Waals surface area contributed by atoms with E-state index in [2.05, 4.69) is 90.1 Å². The second-order valence-corrected chi connectivity index (χ2v) is 25.3. The molecule has 0 unspecified atom stereocenters. The van der Waals surface area contributed by atoms with Crippen molar-refractivity contribution in [2.45, 2.75) is 227 Å². The molecule has 0 bridgehead atoms. The van der Waals surface area contributed by atoms with Gasteiger partial charge < -0.3 is 4.74 Å². The van der Waals surface area contributed by atoms with Crippen LogP contribution in [0.2, 0.25) is 0 Å². The van der Waals surface area contributed by atoms with Gasteiger partial charge in [-0.25, -0.2) is 8.78 Å². The zero-order valence-electron chi connectivity index (χ0n) is 49.7. The van der Waals surface area contributed by atoms with Gasteiger partial charge in [-0.1, -0.05) is 213 Å². The Labute approximate surface area is 469 Å². The van der Waals surface area contributed by atoms with Crippen LogP contribution in [-0.2, 0) is 6.42 Å². The predicted octanol–water partition coefficient (Wildman–Crippen LogP) is 22.8. The fraction of sp³-hybridized carbons (Fsp3) is 0.595. The number of rotatable bonds is 13. The summed E-state index contributed by atoms with van der Waals surface area (Å²) in [6.45, 7) is 15.7. The van der Waals surface area contributed by atoms with E-state index in [0.29, 0.717) is 16.7 Å². The highest BCUT2D eigenvalue weighted by Crippen LogP contribution is 2.45. The number of benzene rings is 5. The first-order valence-electron chi connectivity index (χ1n) is 31.8. The normalized spacial score (nSPS) is 26.4. The molecule has 0 radical (unpaired) electrons. The zero-order chi connectivity index (χ0) is 54.5. The molecular formula is C74H104F2O. The summed E-state index contributed by atoms with van der Waals surface area (Å²) in [4.78, 5) is 0. The quantitative estimate of drug-likeness (QED) is 0.114. The molecule has 0 aromatic heterocycles. The van der Waals surface area contributed by atoms with Gasteiger partial charge in [0.25, 0.3) is 0 Å². The standard InChI is InChI=1S/C22H34.C21H18F2.C16H24O.C15H28/c1-3-4-18-7-11-20(12-8-18)22-15-13-21(14-16-22)19-9-5-17(2)6-10-19;1-3-15-6-10-17(11-7-15)19-13-12-18(20(22)21(19)23)16-8-4-14(2)5-9-16;1-3-4-13-5-7-14(8-6-13)15-9-11-16(17-2)12-10-15;1-3-13-6-10-15(11-7-13)14-8-4-12(2)5-9-14/h5-6,9-10,18,20-22H,3-4,7-8,11-16H2,1-2H3;4-13H,3H2,1-2H3;9-14H,3-8H2,1-2H3;12-15H,3-11H2,1-2H3. The van der Waals surface area contributed by atoms with Crippen LogP contribution in [-0.4, -0.2) is 7.11 Å². The van der Waals surface area contributed by atoms with Crippen molar-refractivity contribution in [3.8, 4) is 28.0 Å². The van der Waals surface area contributed by atoms with Crippen molar-refractivity contribution in [3.63, 3.8) is 0 Å². The van der Waals surface area contributed by atoms with E-state index in [-0.39, 0.29) is 5.56 Å². The first-order chi connectivity index (χ1) is 37.5. The smallest absolute Gasteiger partial charge is 0.167 e. The predicted molar refractivity (Wildman–Crippen MR) is 327 cm³/mol. The van der Waals surface area contributed by atoms with Gasteiger partial charge in [0, 0.05) is 11.1 Å². The van der Waals surface area contributed by atoms with Crippen LogP contribution in [0.15, 0.2) is 109 Å². The van der Waals surface area contributed by atoms with Gasteiger partial charge in [-0.05, 0) is 209 Å². The van der Waals surface area contributed by atoms with E-state index in [9.17, 15) is 8.78 Å². The van der Waals surface area contributed by atoms with Crippen molar-refractivity contribution in [2.24, 2.45) is 47.3 Å². The van der Waals surface area contributed by atoms with Gasteiger partial charge in [-0.3, -0.25) is 0 Å². The van der Waals surface area contributed by atoms with Crippen LogP contribution in [0, 0.1) is 72.8 Å². The summed E-state index contributed by atoms with van der Waals surface area (Å²) in [6, 6.07) is 36.2. The molecule has 3 heteroatoms. The third-order valence-corrected chi connectivity index (χ3v) is 20.0. The van der Waals surface area contributed by atoms with Crippen LogP contribution in [0.5, 0.6) is 5.75 Å². The van der Waals surface area contributed by atoms with E-state index in [1.165, 1.54) is 152 Å². The lowest BCUT2D eigenvalue weighted by Gasteiger charge is -2.38. The first-order valence-corrected chi connectivity index (χ1v) is 31.8. The van der Waals surface area contributed by atoms with E-state index in [1.807, 2.05) is 55.5 Å². The van der Waals surface area contributed by atoms with Gasteiger partial charge in [-0.15, -0.1) is 0 Å². The van der Waals surface area contributed by atoms with Crippen molar-refractivity contribution in [2.75, 3.05) is 7.11 Å². The van der Waals surface area contributed by atoms with Crippen molar-refractivity contribution in [3.05, 3.63) is 149 Å². The summed E-state index contributed by atoms with van der Waals surface area (Å²) < 4.78 is 34.2. The molecule has 5 aliphatic rings. The number of methoxy groups -OCH3 is 1. The van der Waals surface area contributed by atoms with Crippen molar-refractivity contribution < 1.29 is 13.5 Å². The number of hydrogen-bond acceptors (Lipinski definition) is 1. The van der Waals surface area contributed by atoms with Crippen LogP contribution in [0.25, 0.3) is 22.3 Å². The minimum atomic E-state index is -0.800. The average molecular weight is 1050 g/mol. The van der Waals surface area contributed by atoms with E-state index >= 15 is 0 Å². The lowest BCUT2D eigenvalue weighted by atomic mass is 9.68. The maximum Gasteiger partial charge on any atom is 0.167 e. The Morgan fingerprint density at radius 2 is 0.753 bits per heavy atom. The van der Waals surface area contributed by atoms with Gasteiger partial charge in [0.15, 0.2) is 11.6 Å². The third-order valence-electron chi connectivity index (χ3n) is 20.0. The molecule has 5 aromatic rings. The van der Waals surface area contributed by atoms with Gasteiger partial charge in [0.1, 0.15) is 5.75 Å². The summed E-state index contributed by atoms with van der Waals surface area (Å²) >= 11 is 0. The maximum atomic E-state index is 14.5. The van der Waals surface area contributed by atoms with Crippen LogP contribution in [0.1, 0.15) is 235 Å². The molecule has 1 nitrogen and oxygen atoms in total. The minimum Gasteiger partial charge on any atom is -0.497 e. The average Bonchev–Trinajstić information content (AvgIpc) is 3.48. The maximum absolute atomic E-state index is 14.5. The Bertz CT molecular complexity index is 2380. The van der Waals surface area contributed by atoms with E-state index < -0.39 is 11.6 Å². The molecule has 0 amide bonds. The van der Waals surface area contributed by atoms with E-state index in [1.54, 1.807) is 50.5 Å². The largest absolute Gasteiger partial charge is 0.497 e. The molecule has 0 N–H and O–H groups in total. The van der Waals surface area contributed by atoms with Crippen LogP contribution >= 0.6 is 0 Å². The molecule has 5 aromatic carbocycles. The number of ether oxygens (including phenoxy) is 1. The molecule has 0 heterocycles. The molecule has 10 rings (SSSR count). The summed E-state index contributed by atoms with van der Waals surface area (Å²) in [5.74, 6) is 9.47. The lowest BCUT2D eigenvalue weighted by Crippen LogP contribution is -2.25. The Balaban J connectivity index is 0.000000151. The molecular weight excluding hydrogens is 943 g/mol. The van der Waals surface area contributed by atoms with Crippen LogP contribution in [0.4, 0.5) is 8.78 Å². The summed E-state index contributed by atoms with van der Waals surface area (Å²) in [6.07, 6.45) is 37.8. The highest BCUT2D eigenvalue weighted by atomic mass is 19.2. The first kappa shape index (κ1) is 60.4. The van der Waals surface area contributed by atoms with E-state index in [0.717, 1.165) is 76.9 Å². The van der Waals surface area contributed by atoms with Crippen molar-refractivity contribution >= 4 is 0 Å². The molecule has 5 saturated carbocycles. The van der Waals surface area contributed by atoms with Crippen molar-refractivity contribution in [1.29, 1.82) is 0 Å². The van der Waals surface area contributed by atoms with Gasteiger partial charge >= 0.3 is 0 Å². The third kappa shape index (κ3) is 18.1. The summed E-state index contributed by atoms with van der Waals surface area (Å²) in [5, 5.41) is 0. The summed E-state index contributed by atoms with van der Waals surface area (Å²) in [5.41, 5.74) is 8.69. The molecule has 420 valence electrons. The highest BCUT2D eigenvalue weighted by molar-refractivity contribution is 5.72. The number of hydrogen-bond donors (Lipinski definition) is 0.